The summed E-state index contributed by atoms with van der Waals surface area (Å²) in [5.41, 5.74) is 2.82. The molecule has 0 aliphatic carbocycles. The first-order chi connectivity index (χ1) is 12.5. The Hall–Kier alpha value is -1.92. The van der Waals surface area contributed by atoms with Crippen LogP contribution >= 0.6 is 11.6 Å². The van der Waals surface area contributed by atoms with Gasteiger partial charge in [-0.1, -0.05) is 22.9 Å². The zero-order chi connectivity index (χ0) is 20.0. The maximum absolute atomic E-state index is 12.9. The molecule has 7 heteroatoms. The molecule has 2 heterocycles. The lowest BCUT2D eigenvalue weighted by Crippen LogP contribution is -2.62. The van der Waals surface area contributed by atoms with E-state index in [-0.39, 0.29) is 23.0 Å². The Kier molecular flexibility index (Phi) is 5.08. The third kappa shape index (κ3) is 4.33. The standard InChI is InChI=1S/C20H28ClN5O/c1-12-7-8-14(21)9-16(12)26-13(2)17(23-25-26)18(27)22-15-10-19(3,4)24-20(5,6)11-15/h7-9,15,24H,10-11H2,1-6H3,(H,22,27). The summed E-state index contributed by atoms with van der Waals surface area (Å²) in [5, 5.41) is 15.7. The number of piperidine rings is 1. The summed E-state index contributed by atoms with van der Waals surface area (Å²) in [7, 11) is 0. The second kappa shape index (κ2) is 6.91. The number of aromatic nitrogens is 3. The minimum absolute atomic E-state index is 0.0374. The van der Waals surface area contributed by atoms with Crippen molar-refractivity contribution >= 4 is 17.5 Å². The number of carbonyl (C=O) groups excluding carboxylic acids is 1. The Bertz CT molecular complexity index is 855. The fourth-order valence-corrected chi connectivity index (χ4v) is 4.42. The fraction of sp³-hybridized carbons (Fsp3) is 0.550. The molecule has 0 spiro atoms. The normalized spacial score (nSPS) is 19.1. The van der Waals surface area contributed by atoms with Gasteiger partial charge in [0.25, 0.3) is 5.91 Å². The van der Waals surface area contributed by atoms with Crippen molar-refractivity contribution in [2.75, 3.05) is 0 Å². The summed E-state index contributed by atoms with van der Waals surface area (Å²) in [6.07, 6.45) is 1.73. The molecule has 2 aromatic rings. The van der Waals surface area contributed by atoms with E-state index in [0.717, 1.165) is 24.1 Å². The molecule has 0 bridgehead atoms. The molecular weight excluding hydrogens is 362 g/mol. The lowest BCUT2D eigenvalue weighted by Gasteiger charge is -2.46. The summed E-state index contributed by atoms with van der Waals surface area (Å²) in [5.74, 6) is -0.183. The molecule has 0 saturated carbocycles. The van der Waals surface area contributed by atoms with E-state index in [9.17, 15) is 4.79 Å². The van der Waals surface area contributed by atoms with Crippen molar-refractivity contribution in [1.29, 1.82) is 0 Å². The number of rotatable bonds is 3. The van der Waals surface area contributed by atoms with Gasteiger partial charge in [-0.2, -0.15) is 0 Å². The van der Waals surface area contributed by atoms with Gasteiger partial charge in [-0.05, 0) is 72.1 Å². The van der Waals surface area contributed by atoms with Gasteiger partial charge >= 0.3 is 0 Å². The van der Waals surface area contributed by atoms with Crippen molar-refractivity contribution in [2.24, 2.45) is 0 Å². The zero-order valence-electron chi connectivity index (χ0n) is 16.9. The first-order valence-electron chi connectivity index (χ1n) is 9.26. The Labute approximate surface area is 165 Å². The van der Waals surface area contributed by atoms with E-state index in [1.54, 1.807) is 4.68 Å². The molecule has 3 rings (SSSR count). The largest absolute Gasteiger partial charge is 0.348 e. The predicted octanol–water partition coefficient (Wildman–Crippen LogP) is 3.58. The first kappa shape index (κ1) is 19.8. The molecule has 1 amide bonds. The first-order valence-corrected chi connectivity index (χ1v) is 9.64. The summed E-state index contributed by atoms with van der Waals surface area (Å²) in [6, 6.07) is 5.68. The zero-order valence-corrected chi connectivity index (χ0v) is 17.6. The Balaban J connectivity index is 1.82. The summed E-state index contributed by atoms with van der Waals surface area (Å²) >= 11 is 6.12. The molecule has 2 N–H and O–H groups in total. The van der Waals surface area contributed by atoms with Gasteiger partial charge in [0.15, 0.2) is 5.69 Å². The number of carbonyl (C=O) groups is 1. The average molecular weight is 390 g/mol. The highest BCUT2D eigenvalue weighted by molar-refractivity contribution is 6.30. The van der Waals surface area contributed by atoms with Gasteiger partial charge in [-0.3, -0.25) is 4.79 Å². The maximum Gasteiger partial charge on any atom is 0.273 e. The van der Waals surface area contributed by atoms with E-state index < -0.39 is 0 Å². The number of halogens is 1. The van der Waals surface area contributed by atoms with Crippen molar-refractivity contribution in [1.82, 2.24) is 25.6 Å². The quantitative estimate of drug-likeness (QED) is 0.841. The van der Waals surface area contributed by atoms with Crippen LogP contribution in [0.3, 0.4) is 0 Å². The van der Waals surface area contributed by atoms with Crippen LogP contribution in [0.5, 0.6) is 0 Å². The minimum Gasteiger partial charge on any atom is -0.348 e. The van der Waals surface area contributed by atoms with E-state index in [4.69, 9.17) is 11.6 Å². The predicted molar refractivity (Wildman–Crippen MR) is 108 cm³/mol. The molecule has 1 aliphatic rings. The number of nitrogens with zero attached hydrogens (tertiary/aromatic N) is 3. The third-order valence-corrected chi connectivity index (χ3v) is 5.27. The highest BCUT2D eigenvalue weighted by Gasteiger charge is 2.38. The van der Waals surface area contributed by atoms with Gasteiger partial charge in [0.1, 0.15) is 0 Å². The molecule has 0 unspecified atom stereocenters. The molecule has 27 heavy (non-hydrogen) atoms. The lowest BCUT2D eigenvalue weighted by molar-refractivity contribution is 0.0867. The summed E-state index contributed by atoms with van der Waals surface area (Å²) in [4.78, 5) is 12.9. The number of aryl methyl sites for hydroxylation is 1. The number of amides is 1. The van der Waals surface area contributed by atoms with Crippen LogP contribution < -0.4 is 10.6 Å². The average Bonchev–Trinajstić information content (AvgIpc) is 2.88. The van der Waals surface area contributed by atoms with E-state index in [2.05, 4.69) is 48.6 Å². The molecule has 1 aromatic heterocycles. The van der Waals surface area contributed by atoms with Crippen LogP contribution in [0, 0.1) is 13.8 Å². The molecule has 1 saturated heterocycles. The van der Waals surface area contributed by atoms with Gasteiger partial charge in [0.05, 0.1) is 11.4 Å². The molecule has 1 aliphatic heterocycles. The van der Waals surface area contributed by atoms with Crippen LogP contribution in [0.1, 0.15) is 62.3 Å². The third-order valence-electron chi connectivity index (χ3n) is 5.03. The topological polar surface area (TPSA) is 71.8 Å². The highest BCUT2D eigenvalue weighted by Crippen LogP contribution is 2.29. The van der Waals surface area contributed by atoms with Crippen LogP contribution in [0.2, 0.25) is 5.02 Å². The Morgan fingerprint density at radius 3 is 2.48 bits per heavy atom. The van der Waals surface area contributed by atoms with Gasteiger partial charge < -0.3 is 10.6 Å². The van der Waals surface area contributed by atoms with Crippen LogP contribution in [-0.2, 0) is 0 Å². The van der Waals surface area contributed by atoms with Gasteiger partial charge in [0.2, 0.25) is 0 Å². The van der Waals surface area contributed by atoms with E-state index >= 15 is 0 Å². The molecule has 146 valence electrons. The smallest absolute Gasteiger partial charge is 0.273 e. The fourth-order valence-electron chi connectivity index (χ4n) is 4.26. The second-order valence-corrected chi connectivity index (χ2v) is 9.27. The SMILES string of the molecule is Cc1ccc(Cl)cc1-n1nnc(C(=O)NC2CC(C)(C)NC(C)(C)C2)c1C. The van der Waals surface area contributed by atoms with Crippen molar-refractivity contribution in [3.8, 4) is 5.69 Å². The minimum atomic E-state index is -0.183. The second-order valence-electron chi connectivity index (χ2n) is 8.84. The van der Waals surface area contributed by atoms with Crippen LogP contribution in [0.15, 0.2) is 18.2 Å². The number of hydrogen-bond acceptors (Lipinski definition) is 4. The number of benzene rings is 1. The maximum atomic E-state index is 12.9. The monoisotopic (exact) mass is 389 g/mol. The van der Waals surface area contributed by atoms with E-state index in [1.807, 2.05) is 32.0 Å². The van der Waals surface area contributed by atoms with Crippen LogP contribution in [-0.4, -0.2) is 38.0 Å². The number of nitrogens with one attached hydrogen (secondary N) is 2. The molecule has 1 fully saturated rings. The number of hydrogen-bond donors (Lipinski definition) is 2. The Morgan fingerprint density at radius 2 is 1.85 bits per heavy atom. The van der Waals surface area contributed by atoms with Crippen LogP contribution in [0.4, 0.5) is 0 Å². The van der Waals surface area contributed by atoms with Crippen molar-refractivity contribution in [2.45, 2.75) is 71.5 Å². The Morgan fingerprint density at radius 1 is 1.22 bits per heavy atom. The highest BCUT2D eigenvalue weighted by atomic mass is 35.5. The molecule has 0 atom stereocenters. The molecule has 1 aromatic carbocycles. The lowest BCUT2D eigenvalue weighted by atomic mass is 9.79. The van der Waals surface area contributed by atoms with Crippen molar-refractivity contribution < 1.29 is 4.79 Å². The molecular formula is C20H28ClN5O. The van der Waals surface area contributed by atoms with Gasteiger partial charge in [0, 0.05) is 22.1 Å². The van der Waals surface area contributed by atoms with E-state index in [1.165, 1.54) is 0 Å². The van der Waals surface area contributed by atoms with Crippen molar-refractivity contribution in [3.05, 3.63) is 40.2 Å². The molecule has 0 radical (unpaired) electrons. The summed E-state index contributed by atoms with van der Waals surface area (Å²) in [6.45, 7) is 12.5. The van der Waals surface area contributed by atoms with Crippen molar-refractivity contribution in [3.63, 3.8) is 0 Å². The molecule has 6 nitrogen and oxygen atoms in total. The van der Waals surface area contributed by atoms with E-state index in [0.29, 0.717) is 16.4 Å². The van der Waals surface area contributed by atoms with Gasteiger partial charge in [-0.15, -0.1) is 5.10 Å². The summed E-state index contributed by atoms with van der Waals surface area (Å²) < 4.78 is 1.67. The van der Waals surface area contributed by atoms with Gasteiger partial charge in [-0.25, -0.2) is 4.68 Å². The van der Waals surface area contributed by atoms with Crippen LogP contribution in [0.25, 0.3) is 5.69 Å².